The Bertz CT molecular complexity index is 1190. The van der Waals surface area contributed by atoms with Crippen molar-refractivity contribution in [2.75, 3.05) is 18.0 Å². The van der Waals surface area contributed by atoms with Crippen LogP contribution in [0.15, 0.2) is 48.5 Å². The van der Waals surface area contributed by atoms with Crippen molar-refractivity contribution in [2.24, 2.45) is 5.41 Å². The van der Waals surface area contributed by atoms with E-state index in [-0.39, 0.29) is 6.42 Å². The summed E-state index contributed by atoms with van der Waals surface area (Å²) in [6.07, 6.45) is 2.09. The zero-order chi connectivity index (χ0) is 25.2. The number of rotatable bonds is 7. The molecule has 184 valence electrons. The van der Waals surface area contributed by atoms with Crippen molar-refractivity contribution in [3.8, 4) is 16.9 Å². The molecular formula is C29H33ClN2O3. The van der Waals surface area contributed by atoms with E-state index in [1.807, 2.05) is 62.4 Å². The molecule has 0 radical (unpaired) electrons. The molecule has 0 amide bonds. The van der Waals surface area contributed by atoms with Crippen LogP contribution in [0.1, 0.15) is 49.2 Å². The average Bonchev–Trinajstić information content (AvgIpc) is 2.81. The van der Waals surface area contributed by atoms with Crippen LogP contribution in [0.4, 0.5) is 5.69 Å². The van der Waals surface area contributed by atoms with Gasteiger partial charge in [0.25, 0.3) is 0 Å². The number of carboxylic acids is 1. The molecule has 2 heterocycles. The first-order valence-electron chi connectivity index (χ1n) is 12.1. The van der Waals surface area contributed by atoms with Gasteiger partial charge in [0.05, 0.1) is 12.1 Å². The van der Waals surface area contributed by atoms with Crippen molar-refractivity contribution in [3.05, 3.63) is 76.1 Å². The number of carbonyl (C=O) groups is 1. The second-order valence-electron chi connectivity index (χ2n) is 10.1. The summed E-state index contributed by atoms with van der Waals surface area (Å²) in [7, 11) is 0. The van der Waals surface area contributed by atoms with E-state index >= 15 is 0 Å². The van der Waals surface area contributed by atoms with Gasteiger partial charge in [0.15, 0.2) is 0 Å². The highest BCUT2D eigenvalue weighted by Crippen LogP contribution is 2.41. The number of benzene rings is 2. The molecule has 0 unspecified atom stereocenters. The van der Waals surface area contributed by atoms with Crippen molar-refractivity contribution in [2.45, 2.75) is 53.6 Å². The molecule has 0 atom stereocenters. The second-order valence-corrected chi connectivity index (χ2v) is 10.6. The molecular weight excluding hydrogens is 460 g/mol. The van der Waals surface area contributed by atoms with Crippen molar-refractivity contribution in [1.82, 2.24) is 4.98 Å². The largest absolute Gasteiger partial charge is 0.489 e. The number of piperidine rings is 1. The van der Waals surface area contributed by atoms with Crippen LogP contribution >= 0.6 is 11.6 Å². The molecule has 1 saturated heterocycles. The number of aryl methyl sites for hydroxylation is 2. The average molecular weight is 493 g/mol. The first kappa shape index (κ1) is 25.1. The quantitative estimate of drug-likeness (QED) is 0.390. The minimum atomic E-state index is -0.839. The van der Waals surface area contributed by atoms with Crippen LogP contribution in [0.25, 0.3) is 11.1 Å². The Morgan fingerprint density at radius 1 is 1.03 bits per heavy atom. The summed E-state index contributed by atoms with van der Waals surface area (Å²) in [4.78, 5) is 18.9. The number of aliphatic carboxylic acids is 1. The van der Waals surface area contributed by atoms with Crippen LogP contribution in [0, 0.1) is 19.3 Å². The monoisotopic (exact) mass is 492 g/mol. The maximum absolute atomic E-state index is 11.8. The topological polar surface area (TPSA) is 62.7 Å². The predicted molar refractivity (Wildman–Crippen MR) is 141 cm³/mol. The van der Waals surface area contributed by atoms with E-state index in [4.69, 9.17) is 21.3 Å². The van der Waals surface area contributed by atoms with Gasteiger partial charge in [-0.3, -0.25) is 9.78 Å². The fourth-order valence-corrected chi connectivity index (χ4v) is 4.85. The second kappa shape index (κ2) is 10.3. The van der Waals surface area contributed by atoms with E-state index in [0.717, 1.165) is 71.0 Å². The minimum absolute atomic E-state index is 0.0381. The normalized spacial score (nSPS) is 15.2. The molecule has 35 heavy (non-hydrogen) atoms. The molecule has 2 aromatic carbocycles. The predicted octanol–water partition coefficient (Wildman–Crippen LogP) is 6.85. The highest BCUT2D eigenvalue weighted by atomic mass is 35.5. The van der Waals surface area contributed by atoms with Gasteiger partial charge in [0.1, 0.15) is 12.4 Å². The Balaban J connectivity index is 1.67. The lowest BCUT2D eigenvalue weighted by molar-refractivity contribution is -0.136. The molecule has 5 nitrogen and oxygen atoms in total. The van der Waals surface area contributed by atoms with E-state index in [0.29, 0.717) is 17.0 Å². The van der Waals surface area contributed by atoms with E-state index in [1.54, 1.807) is 0 Å². The van der Waals surface area contributed by atoms with Crippen LogP contribution in [0.3, 0.4) is 0 Å². The van der Waals surface area contributed by atoms with Crippen molar-refractivity contribution < 1.29 is 14.6 Å². The standard InChI is InChI=1S/C29H33ClN2O3/c1-19-25(17-26(33)34)28(32-15-13-29(3,4)14-16-32)27(20(2)31-19)22-7-11-24(12-8-22)35-18-21-5-9-23(30)10-6-21/h5-12H,13-18H2,1-4H3,(H,33,34). The van der Waals surface area contributed by atoms with Crippen LogP contribution < -0.4 is 9.64 Å². The number of pyridine rings is 1. The maximum atomic E-state index is 11.8. The first-order chi connectivity index (χ1) is 16.6. The molecule has 0 spiro atoms. The zero-order valence-corrected chi connectivity index (χ0v) is 21.7. The summed E-state index contributed by atoms with van der Waals surface area (Å²) in [5.41, 5.74) is 6.89. The first-order valence-corrected chi connectivity index (χ1v) is 12.5. The van der Waals surface area contributed by atoms with Crippen molar-refractivity contribution >= 4 is 23.3 Å². The van der Waals surface area contributed by atoms with Gasteiger partial charge in [0, 0.05) is 40.6 Å². The Morgan fingerprint density at radius 3 is 2.26 bits per heavy atom. The van der Waals surface area contributed by atoms with E-state index in [9.17, 15) is 9.90 Å². The molecule has 0 saturated carbocycles. The van der Waals surface area contributed by atoms with Gasteiger partial charge in [-0.1, -0.05) is 49.7 Å². The molecule has 0 bridgehead atoms. The molecule has 0 aliphatic carbocycles. The van der Waals surface area contributed by atoms with Gasteiger partial charge >= 0.3 is 5.97 Å². The summed E-state index contributed by atoms with van der Waals surface area (Å²) in [6.45, 7) is 10.8. The third kappa shape index (κ3) is 5.96. The summed E-state index contributed by atoms with van der Waals surface area (Å²) < 4.78 is 5.97. The van der Waals surface area contributed by atoms with Gasteiger partial charge in [0.2, 0.25) is 0 Å². The highest BCUT2D eigenvalue weighted by Gasteiger charge is 2.30. The Labute approximate surface area is 212 Å². The molecule has 1 aromatic heterocycles. The lowest BCUT2D eigenvalue weighted by Gasteiger charge is -2.40. The molecule has 1 aliphatic rings. The number of carboxylic acid groups (broad SMARTS) is 1. The van der Waals surface area contributed by atoms with Gasteiger partial charge < -0.3 is 14.7 Å². The van der Waals surface area contributed by atoms with Gasteiger partial charge in [-0.2, -0.15) is 0 Å². The number of aromatic nitrogens is 1. The molecule has 1 N–H and O–H groups in total. The fourth-order valence-electron chi connectivity index (χ4n) is 4.73. The summed E-state index contributed by atoms with van der Waals surface area (Å²) in [5, 5.41) is 10.4. The minimum Gasteiger partial charge on any atom is -0.489 e. The van der Waals surface area contributed by atoms with E-state index < -0.39 is 5.97 Å². The number of nitrogens with zero attached hydrogens (tertiary/aromatic N) is 2. The summed E-state index contributed by atoms with van der Waals surface area (Å²) in [6, 6.07) is 15.6. The lowest BCUT2D eigenvalue weighted by Crippen LogP contribution is -2.38. The molecule has 1 aliphatic heterocycles. The molecule has 1 fully saturated rings. The highest BCUT2D eigenvalue weighted by molar-refractivity contribution is 6.30. The SMILES string of the molecule is Cc1nc(C)c(-c2ccc(OCc3ccc(Cl)cc3)cc2)c(N2CCC(C)(C)CC2)c1CC(=O)O. The van der Waals surface area contributed by atoms with Crippen LogP contribution in [-0.2, 0) is 17.8 Å². The third-order valence-electron chi connectivity index (χ3n) is 6.88. The van der Waals surface area contributed by atoms with Crippen molar-refractivity contribution in [3.63, 3.8) is 0 Å². The van der Waals surface area contributed by atoms with E-state index in [1.165, 1.54) is 0 Å². The summed E-state index contributed by atoms with van der Waals surface area (Å²) >= 11 is 5.97. The molecule has 6 heteroatoms. The van der Waals surface area contributed by atoms with E-state index in [2.05, 4.69) is 18.7 Å². The van der Waals surface area contributed by atoms with Crippen molar-refractivity contribution in [1.29, 1.82) is 0 Å². The smallest absolute Gasteiger partial charge is 0.307 e. The molecule has 3 aromatic rings. The van der Waals surface area contributed by atoms with Gasteiger partial charge in [-0.25, -0.2) is 0 Å². The number of halogens is 1. The van der Waals surface area contributed by atoms with Gasteiger partial charge in [-0.15, -0.1) is 0 Å². The lowest BCUT2D eigenvalue weighted by atomic mass is 9.82. The Morgan fingerprint density at radius 2 is 1.66 bits per heavy atom. The van der Waals surface area contributed by atoms with Gasteiger partial charge in [-0.05, 0) is 67.5 Å². The fraction of sp³-hybridized carbons (Fsp3) is 0.379. The number of hydrogen-bond donors (Lipinski definition) is 1. The third-order valence-corrected chi connectivity index (χ3v) is 7.13. The molecule has 4 rings (SSSR count). The number of hydrogen-bond acceptors (Lipinski definition) is 4. The summed E-state index contributed by atoms with van der Waals surface area (Å²) in [5.74, 6) is -0.0669. The number of ether oxygens (including phenoxy) is 1. The maximum Gasteiger partial charge on any atom is 0.307 e. The zero-order valence-electron chi connectivity index (χ0n) is 20.9. The number of anilines is 1. The van der Waals surface area contributed by atoms with Crippen LogP contribution in [0.2, 0.25) is 5.02 Å². The van der Waals surface area contributed by atoms with Crippen LogP contribution in [0.5, 0.6) is 5.75 Å². The van der Waals surface area contributed by atoms with Crippen LogP contribution in [-0.4, -0.2) is 29.1 Å². The Kier molecular flexibility index (Phi) is 7.36. The Hall–Kier alpha value is -3.05.